The van der Waals surface area contributed by atoms with Crippen molar-refractivity contribution in [3.8, 4) is 0 Å². The Morgan fingerprint density at radius 3 is 1.16 bits per heavy atom. The monoisotopic (exact) mass is 353 g/mol. The van der Waals surface area contributed by atoms with Gasteiger partial charge in [0.2, 0.25) is 0 Å². The fourth-order valence-electron chi connectivity index (χ4n) is 4.14. The van der Waals surface area contributed by atoms with E-state index in [1.54, 1.807) is 0 Å². The quantitative estimate of drug-likeness (QED) is 0.716. The van der Waals surface area contributed by atoms with Crippen LogP contribution in [0.25, 0.3) is 0 Å². The van der Waals surface area contributed by atoms with Gasteiger partial charge in [0.1, 0.15) is 0 Å². The van der Waals surface area contributed by atoms with Gasteiger partial charge in [0.25, 0.3) is 0 Å². The van der Waals surface area contributed by atoms with Gasteiger partial charge >= 0.3 is 0 Å². The zero-order valence-corrected chi connectivity index (χ0v) is 18.6. The summed E-state index contributed by atoms with van der Waals surface area (Å²) < 4.78 is 0. The summed E-state index contributed by atoms with van der Waals surface area (Å²) in [5, 5.41) is 0. The van der Waals surface area contributed by atoms with E-state index in [0.29, 0.717) is 0 Å². The van der Waals surface area contributed by atoms with Crippen LogP contribution in [0.2, 0.25) is 0 Å². The molecule has 2 aliphatic heterocycles. The molecule has 0 atom stereocenters. The molecule has 0 unspecified atom stereocenters. The third-order valence-corrected chi connectivity index (χ3v) is 5.99. The van der Waals surface area contributed by atoms with Crippen LogP contribution in [0.15, 0.2) is 0 Å². The lowest BCUT2D eigenvalue weighted by Gasteiger charge is -2.38. The standard InChI is InChI=1S/C12H25N.C10H22N2/c1-10(2)9-12-5-7-13(8-6-12)11(3)4;1-9(2)11-5-7-12(8-6-11)10(3)4/h10-12H,5-9H2,1-4H3;9-10H,5-8H2,1-4H3. The van der Waals surface area contributed by atoms with Crippen molar-refractivity contribution in [1.82, 2.24) is 14.7 Å². The highest BCUT2D eigenvalue weighted by Crippen LogP contribution is 2.24. The molecule has 0 aliphatic carbocycles. The Morgan fingerprint density at radius 2 is 0.880 bits per heavy atom. The van der Waals surface area contributed by atoms with Crippen LogP contribution in [-0.4, -0.2) is 72.1 Å². The highest BCUT2D eigenvalue weighted by Gasteiger charge is 2.21. The first-order chi connectivity index (χ1) is 11.7. The van der Waals surface area contributed by atoms with E-state index in [0.717, 1.165) is 30.0 Å². The second kappa shape index (κ2) is 11.6. The average molecular weight is 354 g/mol. The molecule has 2 heterocycles. The molecule has 2 saturated heterocycles. The Kier molecular flexibility index (Phi) is 10.6. The van der Waals surface area contributed by atoms with Crippen molar-refractivity contribution >= 4 is 0 Å². The Bertz CT molecular complexity index is 306. The third-order valence-electron chi connectivity index (χ3n) is 5.99. The molecule has 3 heteroatoms. The molecule has 0 aromatic rings. The summed E-state index contributed by atoms with van der Waals surface area (Å²) in [5.74, 6) is 1.89. The summed E-state index contributed by atoms with van der Waals surface area (Å²) in [4.78, 5) is 7.72. The molecule has 2 fully saturated rings. The van der Waals surface area contributed by atoms with E-state index >= 15 is 0 Å². The average Bonchev–Trinajstić information content (AvgIpc) is 2.55. The van der Waals surface area contributed by atoms with Gasteiger partial charge in [-0.1, -0.05) is 13.8 Å². The smallest absolute Gasteiger partial charge is 0.0113 e. The van der Waals surface area contributed by atoms with Crippen LogP contribution in [0.3, 0.4) is 0 Å². The fraction of sp³-hybridized carbons (Fsp3) is 1.00. The van der Waals surface area contributed by atoms with Crippen molar-refractivity contribution in [1.29, 1.82) is 0 Å². The van der Waals surface area contributed by atoms with E-state index in [1.165, 1.54) is 58.5 Å². The molecule has 3 nitrogen and oxygen atoms in total. The minimum atomic E-state index is 0.722. The van der Waals surface area contributed by atoms with Crippen LogP contribution in [0.1, 0.15) is 74.7 Å². The first kappa shape index (κ1) is 22.9. The van der Waals surface area contributed by atoms with Gasteiger partial charge in [-0.15, -0.1) is 0 Å². The molecule has 0 saturated carbocycles. The van der Waals surface area contributed by atoms with Gasteiger partial charge in [0, 0.05) is 44.3 Å². The third kappa shape index (κ3) is 8.88. The van der Waals surface area contributed by atoms with Crippen molar-refractivity contribution in [3.63, 3.8) is 0 Å². The molecule has 0 radical (unpaired) electrons. The van der Waals surface area contributed by atoms with E-state index in [4.69, 9.17) is 0 Å². The van der Waals surface area contributed by atoms with Gasteiger partial charge < -0.3 is 4.90 Å². The Morgan fingerprint density at radius 1 is 0.560 bits per heavy atom. The number of hydrogen-bond donors (Lipinski definition) is 0. The van der Waals surface area contributed by atoms with E-state index in [2.05, 4.69) is 70.1 Å². The van der Waals surface area contributed by atoms with Crippen molar-refractivity contribution in [2.45, 2.75) is 92.8 Å². The molecule has 25 heavy (non-hydrogen) atoms. The topological polar surface area (TPSA) is 9.72 Å². The van der Waals surface area contributed by atoms with Crippen LogP contribution in [0.4, 0.5) is 0 Å². The molecule has 150 valence electrons. The molecule has 0 N–H and O–H groups in total. The molecule has 2 aliphatic rings. The minimum Gasteiger partial charge on any atom is -0.301 e. The van der Waals surface area contributed by atoms with Gasteiger partial charge in [-0.3, -0.25) is 9.80 Å². The number of hydrogen-bond acceptors (Lipinski definition) is 3. The van der Waals surface area contributed by atoms with Gasteiger partial charge in [-0.05, 0) is 85.7 Å². The molecular weight excluding hydrogens is 306 g/mol. The predicted octanol–water partition coefficient (Wildman–Crippen LogP) is 4.57. The van der Waals surface area contributed by atoms with Crippen LogP contribution >= 0.6 is 0 Å². The largest absolute Gasteiger partial charge is 0.301 e. The van der Waals surface area contributed by atoms with Crippen molar-refractivity contribution in [2.75, 3.05) is 39.3 Å². The number of rotatable bonds is 5. The van der Waals surface area contributed by atoms with Crippen molar-refractivity contribution in [3.05, 3.63) is 0 Å². The van der Waals surface area contributed by atoms with E-state index in [9.17, 15) is 0 Å². The maximum absolute atomic E-state index is 2.61. The summed E-state index contributed by atoms with van der Waals surface area (Å²) in [7, 11) is 0. The number of piperazine rings is 1. The van der Waals surface area contributed by atoms with Gasteiger partial charge in [-0.2, -0.15) is 0 Å². The molecule has 0 spiro atoms. The lowest BCUT2D eigenvalue weighted by Crippen LogP contribution is -2.50. The first-order valence-electron chi connectivity index (χ1n) is 10.9. The molecule has 0 aromatic heterocycles. The molecule has 0 aromatic carbocycles. The summed E-state index contributed by atoms with van der Waals surface area (Å²) >= 11 is 0. The maximum atomic E-state index is 2.61. The lowest BCUT2D eigenvalue weighted by molar-refractivity contribution is 0.0887. The molecule has 2 rings (SSSR count). The predicted molar refractivity (Wildman–Crippen MR) is 112 cm³/mol. The normalized spacial score (nSPS) is 22.1. The van der Waals surface area contributed by atoms with Crippen molar-refractivity contribution < 1.29 is 0 Å². The van der Waals surface area contributed by atoms with E-state index in [1.807, 2.05) is 0 Å². The summed E-state index contributed by atoms with van der Waals surface area (Å²) in [6.07, 6.45) is 4.29. The Labute approximate surface area is 159 Å². The zero-order chi connectivity index (χ0) is 19.0. The summed E-state index contributed by atoms with van der Waals surface area (Å²) in [5.41, 5.74) is 0. The highest BCUT2D eigenvalue weighted by molar-refractivity contribution is 4.76. The lowest BCUT2D eigenvalue weighted by atomic mass is 9.88. The molecule has 0 amide bonds. The molecular formula is C22H47N3. The van der Waals surface area contributed by atoms with Gasteiger partial charge in [0.05, 0.1) is 0 Å². The zero-order valence-electron chi connectivity index (χ0n) is 18.6. The summed E-state index contributed by atoms with van der Waals surface area (Å²) in [6.45, 7) is 26.1. The second-order valence-electron chi connectivity index (χ2n) is 9.46. The molecule has 0 bridgehead atoms. The number of likely N-dealkylation sites (tertiary alicyclic amines) is 1. The Hall–Kier alpha value is -0.120. The van der Waals surface area contributed by atoms with Crippen LogP contribution in [-0.2, 0) is 0 Å². The SMILES string of the molecule is CC(C)CC1CCN(C(C)C)CC1.CC(C)N1CCN(C(C)C)CC1. The van der Waals surface area contributed by atoms with Crippen molar-refractivity contribution in [2.24, 2.45) is 11.8 Å². The number of nitrogens with zero attached hydrogens (tertiary/aromatic N) is 3. The van der Waals surface area contributed by atoms with E-state index < -0.39 is 0 Å². The highest BCUT2D eigenvalue weighted by atomic mass is 15.3. The Balaban J connectivity index is 0.000000251. The van der Waals surface area contributed by atoms with Crippen LogP contribution < -0.4 is 0 Å². The van der Waals surface area contributed by atoms with Gasteiger partial charge in [-0.25, -0.2) is 0 Å². The maximum Gasteiger partial charge on any atom is 0.0113 e. The fourth-order valence-corrected chi connectivity index (χ4v) is 4.14. The van der Waals surface area contributed by atoms with Crippen LogP contribution in [0, 0.1) is 11.8 Å². The first-order valence-corrected chi connectivity index (χ1v) is 10.9. The second-order valence-corrected chi connectivity index (χ2v) is 9.46. The van der Waals surface area contributed by atoms with Crippen LogP contribution in [0.5, 0.6) is 0 Å². The van der Waals surface area contributed by atoms with Gasteiger partial charge in [0.15, 0.2) is 0 Å². The number of piperidine rings is 1. The minimum absolute atomic E-state index is 0.722. The van der Waals surface area contributed by atoms with E-state index in [-0.39, 0.29) is 0 Å². The summed E-state index contributed by atoms with van der Waals surface area (Å²) in [6, 6.07) is 2.19.